The fourth-order valence-corrected chi connectivity index (χ4v) is 1.23. The monoisotopic (exact) mass is 146 g/mol. The fraction of sp³-hybridized carbons (Fsp3) is 0.273. The summed E-state index contributed by atoms with van der Waals surface area (Å²) in [5.41, 5.74) is 2.77. The summed E-state index contributed by atoms with van der Waals surface area (Å²) in [4.78, 5) is 0. The van der Waals surface area contributed by atoms with Crippen molar-refractivity contribution in [2.45, 2.75) is 20.3 Å². The molecule has 0 unspecified atom stereocenters. The second-order valence-electron chi connectivity index (χ2n) is 2.53. The summed E-state index contributed by atoms with van der Waals surface area (Å²) in [6.07, 6.45) is 3.29. The van der Waals surface area contributed by atoms with Crippen molar-refractivity contribution in [1.29, 1.82) is 0 Å². The lowest BCUT2D eigenvalue weighted by molar-refractivity contribution is 1.23. The predicted molar refractivity (Wildman–Crippen MR) is 50.4 cm³/mol. The third-order valence-electron chi connectivity index (χ3n) is 1.87. The number of allylic oxidation sites excluding steroid dienone is 2. The molecule has 1 aromatic rings. The molecule has 0 N–H and O–H groups in total. The topological polar surface area (TPSA) is 0 Å². The van der Waals surface area contributed by atoms with Gasteiger partial charge < -0.3 is 0 Å². The zero-order valence-electron chi connectivity index (χ0n) is 7.17. The summed E-state index contributed by atoms with van der Waals surface area (Å²) in [7, 11) is 0. The van der Waals surface area contributed by atoms with Gasteiger partial charge in [-0.3, -0.25) is 0 Å². The zero-order chi connectivity index (χ0) is 8.10. The average Bonchev–Trinajstić information content (AvgIpc) is 2.09. The summed E-state index contributed by atoms with van der Waals surface area (Å²) >= 11 is 0. The zero-order valence-corrected chi connectivity index (χ0v) is 7.17. The van der Waals surface area contributed by atoms with E-state index in [1.807, 2.05) is 6.07 Å². The Morgan fingerprint density at radius 2 is 1.91 bits per heavy atom. The summed E-state index contributed by atoms with van der Waals surface area (Å²) in [6.45, 7) is 4.27. The lowest BCUT2D eigenvalue weighted by atomic mass is 10.0. The van der Waals surface area contributed by atoms with E-state index in [1.54, 1.807) is 0 Å². The molecule has 0 bridgehead atoms. The van der Waals surface area contributed by atoms with Crippen LogP contribution in [0.15, 0.2) is 36.4 Å². The molecule has 1 rings (SSSR count). The normalized spacial score (nSPS) is 11.6. The average molecular weight is 146 g/mol. The Morgan fingerprint density at radius 1 is 1.27 bits per heavy atom. The van der Waals surface area contributed by atoms with Crippen molar-refractivity contribution in [2.75, 3.05) is 0 Å². The smallest absolute Gasteiger partial charge is 0.0228 e. The molecule has 0 aliphatic rings. The van der Waals surface area contributed by atoms with Crippen LogP contribution in [0, 0.1) is 0 Å². The standard InChI is InChI=1S/C11H14/c1-3-10(4-2)11-8-6-5-7-9-11/h3,5-9H,4H2,1-2H3/b10-3+. The summed E-state index contributed by atoms with van der Waals surface area (Å²) in [5.74, 6) is 0. The van der Waals surface area contributed by atoms with Crippen LogP contribution in [0.3, 0.4) is 0 Å². The lowest BCUT2D eigenvalue weighted by Crippen LogP contribution is -1.79. The summed E-state index contributed by atoms with van der Waals surface area (Å²) in [5, 5.41) is 0. The minimum atomic E-state index is 1.11. The maximum absolute atomic E-state index is 2.18. The van der Waals surface area contributed by atoms with Crippen LogP contribution in [0.25, 0.3) is 5.57 Å². The molecule has 0 heterocycles. The molecule has 0 amide bonds. The minimum absolute atomic E-state index is 1.11. The summed E-state index contributed by atoms with van der Waals surface area (Å²) in [6, 6.07) is 10.5. The molecule has 0 aliphatic heterocycles. The number of hydrogen-bond acceptors (Lipinski definition) is 0. The molecular formula is C11H14. The third kappa shape index (κ3) is 1.94. The van der Waals surface area contributed by atoms with E-state index in [4.69, 9.17) is 0 Å². The van der Waals surface area contributed by atoms with Crippen molar-refractivity contribution < 1.29 is 0 Å². The molecule has 0 saturated carbocycles. The molecule has 1 aromatic carbocycles. The highest BCUT2D eigenvalue weighted by Gasteiger charge is 1.93. The van der Waals surface area contributed by atoms with Crippen molar-refractivity contribution >= 4 is 5.57 Å². The van der Waals surface area contributed by atoms with Gasteiger partial charge in [0.15, 0.2) is 0 Å². The van der Waals surface area contributed by atoms with Crippen LogP contribution >= 0.6 is 0 Å². The molecule has 0 fully saturated rings. The Kier molecular flexibility index (Phi) is 2.91. The van der Waals surface area contributed by atoms with Gasteiger partial charge in [0, 0.05) is 0 Å². The van der Waals surface area contributed by atoms with Gasteiger partial charge in [0.2, 0.25) is 0 Å². The third-order valence-corrected chi connectivity index (χ3v) is 1.87. The van der Waals surface area contributed by atoms with E-state index in [1.165, 1.54) is 11.1 Å². The van der Waals surface area contributed by atoms with Crippen LogP contribution < -0.4 is 0 Å². The van der Waals surface area contributed by atoms with Crippen LogP contribution in [0.1, 0.15) is 25.8 Å². The van der Waals surface area contributed by atoms with Gasteiger partial charge in [-0.2, -0.15) is 0 Å². The highest BCUT2D eigenvalue weighted by molar-refractivity contribution is 5.64. The number of benzene rings is 1. The summed E-state index contributed by atoms with van der Waals surface area (Å²) < 4.78 is 0. The second-order valence-corrected chi connectivity index (χ2v) is 2.53. The molecule has 58 valence electrons. The van der Waals surface area contributed by atoms with Crippen LogP contribution in [0.4, 0.5) is 0 Å². The molecule has 0 spiro atoms. The molecule has 0 saturated heterocycles. The van der Waals surface area contributed by atoms with Gasteiger partial charge in [0.1, 0.15) is 0 Å². The molecule has 0 radical (unpaired) electrons. The second kappa shape index (κ2) is 3.97. The molecule has 0 heteroatoms. The first kappa shape index (κ1) is 8.06. The van der Waals surface area contributed by atoms with Gasteiger partial charge in [-0.1, -0.05) is 43.3 Å². The maximum atomic E-state index is 2.18. The van der Waals surface area contributed by atoms with Crippen molar-refractivity contribution in [3.63, 3.8) is 0 Å². The Labute approximate surface area is 68.6 Å². The van der Waals surface area contributed by atoms with E-state index in [2.05, 4.69) is 44.2 Å². The van der Waals surface area contributed by atoms with Crippen LogP contribution in [-0.2, 0) is 0 Å². The molecule has 0 aliphatic carbocycles. The van der Waals surface area contributed by atoms with E-state index < -0.39 is 0 Å². The van der Waals surface area contributed by atoms with E-state index in [-0.39, 0.29) is 0 Å². The Balaban J connectivity index is 2.92. The van der Waals surface area contributed by atoms with Crippen molar-refractivity contribution in [2.24, 2.45) is 0 Å². The van der Waals surface area contributed by atoms with Crippen molar-refractivity contribution in [3.8, 4) is 0 Å². The highest BCUT2D eigenvalue weighted by Crippen LogP contribution is 2.16. The molecular weight excluding hydrogens is 132 g/mol. The molecule has 11 heavy (non-hydrogen) atoms. The van der Waals surface area contributed by atoms with Gasteiger partial charge in [-0.25, -0.2) is 0 Å². The Morgan fingerprint density at radius 3 is 2.36 bits per heavy atom. The Hall–Kier alpha value is -1.04. The van der Waals surface area contributed by atoms with Gasteiger partial charge >= 0.3 is 0 Å². The fourth-order valence-electron chi connectivity index (χ4n) is 1.23. The largest absolute Gasteiger partial charge is 0.0839 e. The first-order valence-corrected chi connectivity index (χ1v) is 4.09. The first-order chi connectivity index (χ1) is 5.38. The molecule has 0 atom stereocenters. The predicted octanol–water partition coefficient (Wildman–Crippen LogP) is 3.50. The minimum Gasteiger partial charge on any atom is -0.0839 e. The van der Waals surface area contributed by atoms with E-state index in [0.717, 1.165) is 6.42 Å². The first-order valence-electron chi connectivity index (χ1n) is 4.09. The van der Waals surface area contributed by atoms with E-state index in [0.29, 0.717) is 0 Å². The molecule has 0 aromatic heterocycles. The van der Waals surface area contributed by atoms with Gasteiger partial charge in [-0.05, 0) is 24.5 Å². The van der Waals surface area contributed by atoms with Gasteiger partial charge in [-0.15, -0.1) is 0 Å². The van der Waals surface area contributed by atoms with Gasteiger partial charge in [0.25, 0.3) is 0 Å². The quantitative estimate of drug-likeness (QED) is 0.599. The van der Waals surface area contributed by atoms with Gasteiger partial charge in [0.05, 0.1) is 0 Å². The highest BCUT2D eigenvalue weighted by atomic mass is 14.0. The van der Waals surface area contributed by atoms with Crippen molar-refractivity contribution in [3.05, 3.63) is 42.0 Å². The number of rotatable bonds is 2. The number of hydrogen-bond donors (Lipinski definition) is 0. The SMILES string of the molecule is C/C=C(\CC)c1ccccc1. The Bertz CT molecular complexity index is 231. The molecule has 0 nitrogen and oxygen atoms in total. The van der Waals surface area contributed by atoms with E-state index in [9.17, 15) is 0 Å². The maximum Gasteiger partial charge on any atom is -0.0228 e. The van der Waals surface area contributed by atoms with Crippen LogP contribution in [0.5, 0.6) is 0 Å². The van der Waals surface area contributed by atoms with Crippen LogP contribution in [0.2, 0.25) is 0 Å². The van der Waals surface area contributed by atoms with E-state index >= 15 is 0 Å². The lowest BCUT2D eigenvalue weighted by Gasteiger charge is -2.01. The van der Waals surface area contributed by atoms with Crippen LogP contribution in [-0.4, -0.2) is 0 Å². The van der Waals surface area contributed by atoms with Crippen molar-refractivity contribution in [1.82, 2.24) is 0 Å².